The van der Waals surface area contributed by atoms with E-state index in [1.165, 1.54) is 23.5 Å². The van der Waals surface area contributed by atoms with Gasteiger partial charge in [-0.2, -0.15) is 0 Å². The number of aromatic amines is 1. The first-order chi connectivity index (χ1) is 9.71. The molecule has 1 aromatic heterocycles. The molecule has 2 fully saturated rings. The van der Waals surface area contributed by atoms with E-state index in [1.54, 1.807) is 6.92 Å². The van der Waals surface area contributed by atoms with E-state index in [0.29, 0.717) is 0 Å². The number of aromatic nitrogens is 2. The van der Waals surface area contributed by atoms with Crippen molar-refractivity contribution >= 4 is 7.60 Å². The maximum absolute atomic E-state index is 11.9. The fourth-order valence-electron chi connectivity index (χ4n) is 2.66. The van der Waals surface area contributed by atoms with Gasteiger partial charge in [0.2, 0.25) is 0 Å². The van der Waals surface area contributed by atoms with Crippen molar-refractivity contribution in [3.05, 3.63) is 33.1 Å². The van der Waals surface area contributed by atoms with Crippen LogP contribution in [-0.2, 0) is 18.3 Å². The molecule has 0 bridgehead atoms. The average molecular weight is 317 g/mol. The Labute approximate surface area is 119 Å². The number of hydrogen-bond donors (Lipinski definition) is 2. The summed E-state index contributed by atoms with van der Waals surface area (Å²) < 4.78 is 29.4. The Bertz CT molecular complexity index is 725. The Morgan fingerprint density at radius 1 is 1.52 bits per heavy atom. The Balaban J connectivity index is 2.00. The molecule has 2 saturated heterocycles. The maximum Gasteiger partial charge on any atom is 0.330 e. The summed E-state index contributed by atoms with van der Waals surface area (Å²) in [5.74, 6) is 0. The molecule has 5 unspecified atom stereocenters. The van der Waals surface area contributed by atoms with Gasteiger partial charge in [-0.3, -0.25) is 18.9 Å². The largest absolute Gasteiger partial charge is 0.347 e. The van der Waals surface area contributed by atoms with E-state index in [2.05, 4.69) is 4.98 Å². The molecule has 1 aromatic rings. The number of nitrogens with two attached hydrogens (primary N) is 1. The van der Waals surface area contributed by atoms with Crippen LogP contribution >= 0.6 is 7.60 Å². The lowest BCUT2D eigenvalue weighted by atomic mass is 9.93. The smallest absolute Gasteiger partial charge is 0.330 e. The van der Waals surface area contributed by atoms with Crippen molar-refractivity contribution in [2.24, 2.45) is 5.73 Å². The molecule has 9 nitrogen and oxygen atoms in total. The van der Waals surface area contributed by atoms with Crippen LogP contribution in [-0.4, -0.2) is 40.6 Å². The lowest BCUT2D eigenvalue weighted by Crippen LogP contribution is -2.55. The molecule has 0 radical (unpaired) electrons. The highest BCUT2D eigenvalue weighted by Gasteiger charge is 2.57. The van der Waals surface area contributed by atoms with Gasteiger partial charge in [-0.15, -0.1) is 0 Å². The Kier molecular flexibility index (Phi) is 3.23. The van der Waals surface area contributed by atoms with Gasteiger partial charge in [-0.25, -0.2) is 4.79 Å². The summed E-state index contributed by atoms with van der Waals surface area (Å²) in [4.78, 5) is 25.2. The Hall–Kier alpha value is -1.25. The zero-order chi connectivity index (χ0) is 15.4. The predicted molar refractivity (Wildman–Crippen MR) is 72.2 cm³/mol. The molecular formula is C11H16N3O6P. The van der Waals surface area contributed by atoms with Gasteiger partial charge in [-0.05, 0) is 6.92 Å². The number of fused-ring (bicyclic) bond motifs is 1. The van der Waals surface area contributed by atoms with Crippen LogP contribution in [0.2, 0.25) is 0 Å². The summed E-state index contributed by atoms with van der Waals surface area (Å²) in [5, 5.41) is 0. The van der Waals surface area contributed by atoms with Gasteiger partial charge >= 0.3 is 13.3 Å². The Morgan fingerprint density at radius 3 is 2.90 bits per heavy atom. The normalized spacial score (nSPS) is 42.7. The highest BCUT2D eigenvalue weighted by Crippen LogP contribution is 2.54. The molecule has 2 aliphatic heterocycles. The molecule has 3 heterocycles. The first-order valence-electron chi connectivity index (χ1n) is 6.37. The molecule has 0 aromatic carbocycles. The molecular weight excluding hydrogens is 301 g/mol. The number of hydrogen-bond acceptors (Lipinski definition) is 7. The second-order valence-electron chi connectivity index (χ2n) is 5.50. The van der Waals surface area contributed by atoms with Gasteiger partial charge in [0.15, 0.2) is 6.23 Å². The zero-order valence-electron chi connectivity index (χ0n) is 11.5. The summed E-state index contributed by atoms with van der Waals surface area (Å²) in [6, 6.07) is 1.20. The van der Waals surface area contributed by atoms with Crippen LogP contribution in [0.5, 0.6) is 0 Å². The molecule has 0 amide bonds. The van der Waals surface area contributed by atoms with Crippen molar-refractivity contribution < 1.29 is 18.3 Å². The van der Waals surface area contributed by atoms with Crippen molar-refractivity contribution in [2.75, 3.05) is 13.3 Å². The minimum absolute atomic E-state index is 0.0693. The minimum atomic E-state index is -3.18. The summed E-state index contributed by atoms with van der Waals surface area (Å²) in [6.07, 6.45) is -0.768. The number of H-pyrrole nitrogens is 1. The summed E-state index contributed by atoms with van der Waals surface area (Å²) in [7, 11) is -3.18. The molecule has 0 spiro atoms. The molecule has 2 aliphatic rings. The van der Waals surface area contributed by atoms with Gasteiger partial charge in [-0.1, -0.05) is 0 Å². The van der Waals surface area contributed by atoms with Crippen molar-refractivity contribution in [3.8, 4) is 0 Å². The molecule has 3 N–H and O–H groups in total. The van der Waals surface area contributed by atoms with Gasteiger partial charge in [0, 0.05) is 18.9 Å². The molecule has 0 saturated carbocycles. The molecule has 5 atom stereocenters. The fraction of sp³-hybridized carbons (Fsp3) is 0.636. The standard InChI is InChI=1S/C11H16N3O6P/c1-11(12)8-6(5-18-21(2,17)20-8)19-9(11)14-4-3-7(15)13-10(14)16/h3-4,6,8-9H,5,12H2,1-2H3,(H,13,15,16). The van der Waals surface area contributed by atoms with Crippen LogP contribution in [0, 0.1) is 0 Å². The number of rotatable bonds is 1. The summed E-state index contributed by atoms with van der Waals surface area (Å²) in [5.41, 5.74) is 4.00. The summed E-state index contributed by atoms with van der Waals surface area (Å²) in [6.45, 7) is 3.07. The zero-order valence-corrected chi connectivity index (χ0v) is 12.4. The number of ether oxygens (including phenoxy) is 1. The van der Waals surface area contributed by atoms with Crippen LogP contribution in [0.25, 0.3) is 0 Å². The third kappa shape index (κ3) is 2.41. The monoisotopic (exact) mass is 317 g/mol. The second kappa shape index (κ2) is 4.62. The molecule has 21 heavy (non-hydrogen) atoms. The SMILES string of the molecule is CC1(N)C2OP(C)(=O)OCC2OC1n1ccc(=O)[nH]c1=O. The average Bonchev–Trinajstić information content (AvgIpc) is 2.61. The van der Waals surface area contributed by atoms with E-state index in [1.807, 2.05) is 0 Å². The van der Waals surface area contributed by atoms with E-state index in [0.717, 1.165) is 0 Å². The predicted octanol–water partition coefficient (Wildman–Crippen LogP) is -0.610. The fourth-order valence-corrected chi connectivity index (χ4v) is 3.91. The van der Waals surface area contributed by atoms with Crippen LogP contribution < -0.4 is 17.0 Å². The topological polar surface area (TPSA) is 126 Å². The van der Waals surface area contributed by atoms with Crippen molar-refractivity contribution in [1.29, 1.82) is 0 Å². The van der Waals surface area contributed by atoms with E-state index >= 15 is 0 Å². The first kappa shape index (κ1) is 14.7. The first-order valence-corrected chi connectivity index (χ1v) is 8.36. The van der Waals surface area contributed by atoms with Crippen LogP contribution in [0.15, 0.2) is 21.9 Å². The second-order valence-corrected chi connectivity index (χ2v) is 7.52. The van der Waals surface area contributed by atoms with E-state index in [-0.39, 0.29) is 6.61 Å². The molecule has 0 aliphatic carbocycles. The molecule has 10 heteroatoms. The van der Waals surface area contributed by atoms with E-state index < -0.39 is 42.8 Å². The number of nitrogens with zero attached hydrogens (tertiary/aromatic N) is 1. The van der Waals surface area contributed by atoms with Crippen molar-refractivity contribution in [1.82, 2.24) is 9.55 Å². The third-order valence-electron chi connectivity index (χ3n) is 3.67. The van der Waals surface area contributed by atoms with Gasteiger partial charge in [0.05, 0.1) is 12.1 Å². The van der Waals surface area contributed by atoms with E-state index in [4.69, 9.17) is 19.5 Å². The number of nitrogens with one attached hydrogen (secondary N) is 1. The Morgan fingerprint density at radius 2 is 2.24 bits per heavy atom. The van der Waals surface area contributed by atoms with Crippen LogP contribution in [0.1, 0.15) is 13.2 Å². The minimum Gasteiger partial charge on any atom is -0.347 e. The van der Waals surface area contributed by atoms with E-state index in [9.17, 15) is 14.2 Å². The highest BCUT2D eigenvalue weighted by atomic mass is 31.2. The third-order valence-corrected chi connectivity index (χ3v) is 4.90. The quantitative estimate of drug-likeness (QED) is 0.662. The van der Waals surface area contributed by atoms with Gasteiger partial charge in [0.1, 0.15) is 12.2 Å². The van der Waals surface area contributed by atoms with Crippen molar-refractivity contribution in [3.63, 3.8) is 0 Å². The highest BCUT2D eigenvalue weighted by molar-refractivity contribution is 7.53. The molecule has 3 rings (SSSR count). The summed E-state index contributed by atoms with van der Waals surface area (Å²) >= 11 is 0. The molecule has 116 valence electrons. The van der Waals surface area contributed by atoms with Crippen LogP contribution in [0.3, 0.4) is 0 Å². The maximum atomic E-state index is 11.9. The van der Waals surface area contributed by atoms with Gasteiger partial charge in [0.25, 0.3) is 5.56 Å². The van der Waals surface area contributed by atoms with Gasteiger partial charge < -0.3 is 19.5 Å². The van der Waals surface area contributed by atoms with Crippen molar-refractivity contribution in [2.45, 2.75) is 30.9 Å². The lowest BCUT2D eigenvalue weighted by molar-refractivity contribution is -0.0588. The lowest BCUT2D eigenvalue weighted by Gasteiger charge is -2.35. The van der Waals surface area contributed by atoms with Crippen LogP contribution in [0.4, 0.5) is 0 Å².